The van der Waals surface area contributed by atoms with Gasteiger partial charge in [-0.1, -0.05) is 15.9 Å². The van der Waals surface area contributed by atoms with Crippen LogP contribution in [0.25, 0.3) is 0 Å². The predicted octanol–water partition coefficient (Wildman–Crippen LogP) is 2.69. The lowest BCUT2D eigenvalue weighted by molar-refractivity contribution is 0.777. The number of pyridine rings is 1. The maximum atomic E-state index is 4.32. The summed E-state index contributed by atoms with van der Waals surface area (Å²) in [5.41, 5.74) is 0. The SMILES string of the molecule is CN(CC1CC1)c1cc(Br)ccn1. The Kier molecular flexibility index (Phi) is 2.54. The molecular formula is C10H13BrN2. The first kappa shape index (κ1) is 9.00. The highest BCUT2D eigenvalue weighted by Crippen LogP contribution is 2.30. The highest BCUT2D eigenvalue weighted by atomic mass is 79.9. The molecule has 2 nitrogen and oxygen atoms in total. The normalized spacial score (nSPS) is 15.8. The first-order chi connectivity index (χ1) is 6.25. The maximum Gasteiger partial charge on any atom is 0.129 e. The Morgan fingerprint density at radius 3 is 3.00 bits per heavy atom. The van der Waals surface area contributed by atoms with Crippen molar-refractivity contribution in [1.82, 2.24) is 4.98 Å². The van der Waals surface area contributed by atoms with Crippen LogP contribution in [0.3, 0.4) is 0 Å². The van der Waals surface area contributed by atoms with Crippen LogP contribution in [0.1, 0.15) is 12.8 Å². The molecule has 0 radical (unpaired) electrons. The third kappa shape index (κ3) is 2.44. The molecule has 3 heteroatoms. The van der Waals surface area contributed by atoms with Gasteiger partial charge in [0.05, 0.1) is 0 Å². The number of nitrogens with zero attached hydrogens (tertiary/aromatic N) is 2. The van der Waals surface area contributed by atoms with Crippen molar-refractivity contribution in [2.24, 2.45) is 5.92 Å². The minimum Gasteiger partial charge on any atom is -0.359 e. The lowest BCUT2D eigenvalue weighted by Crippen LogP contribution is -2.20. The number of aromatic nitrogens is 1. The van der Waals surface area contributed by atoms with E-state index < -0.39 is 0 Å². The summed E-state index contributed by atoms with van der Waals surface area (Å²) in [6, 6.07) is 4.01. The first-order valence-electron chi connectivity index (χ1n) is 4.58. The lowest BCUT2D eigenvalue weighted by Gasteiger charge is -2.17. The summed E-state index contributed by atoms with van der Waals surface area (Å²) >= 11 is 3.45. The molecule has 13 heavy (non-hydrogen) atoms. The second-order valence-electron chi connectivity index (χ2n) is 3.66. The van der Waals surface area contributed by atoms with Gasteiger partial charge in [-0.15, -0.1) is 0 Å². The molecule has 0 spiro atoms. The Balaban J connectivity index is 2.04. The average Bonchev–Trinajstić information content (AvgIpc) is 2.88. The van der Waals surface area contributed by atoms with Gasteiger partial charge in [0.15, 0.2) is 0 Å². The molecule has 70 valence electrons. The molecule has 1 saturated carbocycles. The molecule has 0 saturated heterocycles. The fourth-order valence-electron chi connectivity index (χ4n) is 1.38. The van der Waals surface area contributed by atoms with E-state index >= 15 is 0 Å². The molecule has 0 amide bonds. The zero-order chi connectivity index (χ0) is 9.26. The predicted molar refractivity (Wildman–Crippen MR) is 57.9 cm³/mol. The average molecular weight is 241 g/mol. The van der Waals surface area contributed by atoms with Crippen molar-refractivity contribution in [3.8, 4) is 0 Å². The summed E-state index contributed by atoms with van der Waals surface area (Å²) in [6.45, 7) is 1.14. The van der Waals surface area contributed by atoms with Gasteiger partial charge in [0.2, 0.25) is 0 Å². The van der Waals surface area contributed by atoms with Gasteiger partial charge in [-0.25, -0.2) is 4.98 Å². The monoisotopic (exact) mass is 240 g/mol. The summed E-state index contributed by atoms with van der Waals surface area (Å²) in [4.78, 5) is 6.54. The maximum absolute atomic E-state index is 4.32. The van der Waals surface area contributed by atoms with Crippen molar-refractivity contribution in [3.05, 3.63) is 22.8 Å². The van der Waals surface area contributed by atoms with E-state index in [1.807, 2.05) is 12.3 Å². The number of hydrogen-bond donors (Lipinski definition) is 0. The van der Waals surface area contributed by atoms with Crippen LogP contribution in [0.2, 0.25) is 0 Å². The second-order valence-corrected chi connectivity index (χ2v) is 4.57. The molecule has 1 aliphatic carbocycles. The third-order valence-corrected chi connectivity index (χ3v) is 2.82. The van der Waals surface area contributed by atoms with Gasteiger partial charge in [-0.05, 0) is 30.9 Å². The number of hydrogen-bond acceptors (Lipinski definition) is 2. The van der Waals surface area contributed by atoms with Crippen molar-refractivity contribution in [1.29, 1.82) is 0 Å². The number of halogens is 1. The van der Waals surface area contributed by atoms with Crippen LogP contribution in [0.5, 0.6) is 0 Å². The Morgan fingerprint density at radius 1 is 1.62 bits per heavy atom. The largest absolute Gasteiger partial charge is 0.359 e. The minimum absolute atomic E-state index is 0.908. The van der Waals surface area contributed by atoms with Crippen LogP contribution < -0.4 is 4.90 Å². The summed E-state index contributed by atoms with van der Waals surface area (Å²) in [6.07, 6.45) is 4.61. The summed E-state index contributed by atoms with van der Waals surface area (Å²) in [5.74, 6) is 1.96. The van der Waals surface area contributed by atoms with Crippen molar-refractivity contribution in [2.75, 3.05) is 18.5 Å². The van der Waals surface area contributed by atoms with Gasteiger partial charge in [0.25, 0.3) is 0 Å². The topological polar surface area (TPSA) is 16.1 Å². The van der Waals surface area contributed by atoms with E-state index in [2.05, 4.69) is 38.9 Å². The Bertz CT molecular complexity index is 297. The Morgan fingerprint density at radius 2 is 2.38 bits per heavy atom. The molecule has 1 fully saturated rings. The van der Waals surface area contributed by atoms with E-state index in [4.69, 9.17) is 0 Å². The quantitative estimate of drug-likeness (QED) is 0.808. The fourth-order valence-corrected chi connectivity index (χ4v) is 1.71. The molecule has 1 aromatic heterocycles. The minimum atomic E-state index is 0.908. The Labute approximate surface area is 87.1 Å². The molecule has 0 aromatic carbocycles. The van der Waals surface area contributed by atoms with Crippen LogP contribution in [-0.4, -0.2) is 18.6 Å². The molecular weight excluding hydrogens is 228 g/mol. The highest BCUT2D eigenvalue weighted by molar-refractivity contribution is 9.10. The standard InChI is InChI=1S/C10H13BrN2/c1-13(7-8-2-3-8)10-6-9(11)4-5-12-10/h4-6,8H,2-3,7H2,1H3. The molecule has 0 aliphatic heterocycles. The smallest absolute Gasteiger partial charge is 0.129 e. The van der Waals surface area contributed by atoms with E-state index in [0.29, 0.717) is 0 Å². The molecule has 0 bridgehead atoms. The third-order valence-electron chi connectivity index (χ3n) is 2.33. The van der Waals surface area contributed by atoms with Gasteiger partial charge < -0.3 is 4.90 Å². The van der Waals surface area contributed by atoms with Gasteiger partial charge in [0.1, 0.15) is 5.82 Å². The van der Waals surface area contributed by atoms with Gasteiger partial charge >= 0.3 is 0 Å². The van der Waals surface area contributed by atoms with Crippen LogP contribution in [-0.2, 0) is 0 Å². The van der Waals surface area contributed by atoms with Gasteiger partial charge in [-0.3, -0.25) is 0 Å². The van der Waals surface area contributed by atoms with Gasteiger partial charge in [0, 0.05) is 24.3 Å². The summed E-state index contributed by atoms with van der Waals surface area (Å²) < 4.78 is 1.10. The van der Waals surface area contributed by atoms with Crippen molar-refractivity contribution >= 4 is 21.7 Å². The first-order valence-corrected chi connectivity index (χ1v) is 5.37. The number of anilines is 1. The van der Waals surface area contributed by atoms with E-state index in [-0.39, 0.29) is 0 Å². The molecule has 0 atom stereocenters. The van der Waals surface area contributed by atoms with E-state index in [0.717, 1.165) is 22.8 Å². The zero-order valence-electron chi connectivity index (χ0n) is 7.70. The van der Waals surface area contributed by atoms with E-state index in [1.165, 1.54) is 12.8 Å². The van der Waals surface area contributed by atoms with E-state index in [1.54, 1.807) is 0 Å². The Hall–Kier alpha value is -0.570. The molecule has 1 heterocycles. The van der Waals surface area contributed by atoms with Crippen LogP contribution in [0.4, 0.5) is 5.82 Å². The van der Waals surface area contributed by atoms with Crippen LogP contribution >= 0.6 is 15.9 Å². The zero-order valence-corrected chi connectivity index (χ0v) is 9.29. The van der Waals surface area contributed by atoms with Crippen molar-refractivity contribution in [3.63, 3.8) is 0 Å². The molecule has 1 aliphatic rings. The van der Waals surface area contributed by atoms with Crippen molar-refractivity contribution in [2.45, 2.75) is 12.8 Å². The number of rotatable bonds is 3. The van der Waals surface area contributed by atoms with Crippen molar-refractivity contribution < 1.29 is 0 Å². The molecule has 2 rings (SSSR count). The van der Waals surface area contributed by atoms with E-state index in [9.17, 15) is 0 Å². The summed E-state index contributed by atoms with van der Waals surface area (Å²) in [5, 5.41) is 0. The lowest BCUT2D eigenvalue weighted by atomic mass is 10.3. The summed E-state index contributed by atoms with van der Waals surface area (Å²) in [7, 11) is 2.10. The van der Waals surface area contributed by atoms with Crippen LogP contribution in [0, 0.1) is 5.92 Å². The molecule has 1 aromatic rings. The molecule has 0 unspecified atom stereocenters. The second kappa shape index (κ2) is 3.66. The molecule has 0 N–H and O–H groups in total. The van der Waals surface area contributed by atoms with Crippen LogP contribution in [0.15, 0.2) is 22.8 Å². The highest BCUT2D eigenvalue weighted by Gasteiger charge is 2.23. The fraction of sp³-hybridized carbons (Fsp3) is 0.500. The van der Waals surface area contributed by atoms with Gasteiger partial charge in [-0.2, -0.15) is 0 Å².